The lowest BCUT2D eigenvalue weighted by Crippen LogP contribution is -2.28. The lowest BCUT2D eigenvalue weighted by molar-refractivity contribution is 0.669. The summed E-state index contributed by atoms with van der Waals surface area (Å²) in [6.07, 6.45) is 0. The first-order valence-electron chi connectivity index (χ1n) is 21.9. The Morgan fingerprint density at radius 3 is 1.75 bits per heavy atom. The predicted molar refractivity (Wildman–Crippen MR) is 264 cm³/mol. The largest absolute Gasteiger partial charge is 0.456 e. The van der Waals surface area contributed by atoms with Gasteiger partial charge in [-0.3, -0.25) is 0 Å². The fourth-order valence-electron chi connectivity index (χ4n) is 10.6. The fourth-order valence-corrected chi connectivity index (χ4v) is 10.6. The molecule has 2 heterocycles. The van der Waals surface area contributed by atoms with Gasteiger partial charge in [0.05, 0.1) is 16.5 Å². The topological polar surface area (TPSA) is 29.5 Å². The molecular weight excluding hydrogens is 779 g/mol. The van der Waals surface area contributed by atoms with Gasteiger partial charge >= 0.3 is 0 Å². The van der Waals surface area contributed by atoms with Crippen LogP contribution < -0.4 is 4.90 Å². The summed E-state index contributed by atoms with van der Waals surface area (Å²) >= 11 is 0. The molecule has 3 nitrogen and oxygen atoms in total. The predicted octanol–water partition coefficient (Wildman–Crippen LogP) is 16.7. The minimum absolute atomic E-state index is 0.566. The lowest BCUT2D eigenvalue weighted by atomic mass is 9.67. The molecule has 0 bridgehead atoms. The first kappa shape index (κ1) is 36.3. The molecule has 0 spiro atoms. The van der Waals surface area contributed by atoms with E-state index in [0.29, 0.717) is 0 Å². The van der Waals surface area contributed by atoms with Crippen LogP contribution >= 0.6 is 0 Å². The summed E-state index contributed by atoms with van der Waals surface area (Å²) in [4.78, 5) is 2.36. The van der Waals surface area contributed by atoms with Gasteiger partial charge in [-0.2, -0.15) is 0 Å². The Morgan fingerprint density at radius 2 is 0.922 bits per heavy atom. The molecule has 0 radical (unpaired) electrons. The molecule has 0 saturated heterocycles. The van der Waals surface area contributed by atoms with Crippen molar-refractivity contribution in [1.82, 2.24) is 0 Å². The van der Waals surface area contributed by atoms with Gasteiger partial charge in [0.2, 0.25) is 0 Å². The van der Waals surface area contributed by atoms with Crippen molar-refractivity contribution in [1.29, 1.82) is 0 Å². The maximum absolute atomic E-state index is 6.63. The third kappa shape index (κ3) is 5.41. The van der Waals surface area contributed by atoms with Crippen LogP contribution in [0.3, 0.4) is 0 Å². The van der Waals surface area contributed by atoms with Crippen molar-refractivity contribution in [2.75, 3.05) is 4.90 Å². The molecule has 12 aromatic rings. The zero-order valence-electron chi connectivity index (χ0n) is 34.8. The summed E-state index contributed by atoms with van der Waals surface area (Å²) in [5, 5.41) is 4.31. The van der Waals surface area contributed by atoms with Crippen LogP contribution in [0.4, 0.5) is 17.1 Å². The highest BCUT2D eigenvalue weighted by atomic mass is 16.3. The van der Waals surface area contributed by atoms with E-state index in [9.17, 15) is 0 Å². The van der Waals surface area contributed by atoms with Crippen LogP contribution in [0, 0.1) is 0 Å². The molecule has 64 heavy (non-hydrogen) atoms. The summed E-state index contributed by atoms with van der Waals surface area (Å²) in [7, 11) is 0. The zero-order valence-corrected chi connectivity index (χ0v) is 34.8. The van der Waals surface area contributed by atoms with Crippen LogP contribution in [-0.2, 0) is 5.41 Å². The van der Waals surface area contributed by atoms with Crippen LogP contribution in [0.25, 0.3) is 77.3 Å². The molecule has 2 aromatic heterocycles. The molecule has 0 fully saturated rings. The number of fused-ring (bicyclic) bond motifs is 9. The molecule has 1 unspecified atom stereocenters. The minimum Gasteiger partial charge on any atom is -0.456 e. The highest BCUT2D eigenvalue weighted by Crippen LogP contribution is 2.58. The third-order valence-corrected chi connectivity index (χ3v) is 13.4. The SMILES string of the molecule is c1ccc(-c2ccc3oc4cccc(N(c5ccc(C6(c7ccccc7)c7ccccc7-c7c(-c8ccccc8)cccc76)cc5)c5ccc6c(c5)oc5ccccc56)c4c3c2)cc1. The summed E-state index contributed by atoms with van der Waals surface area (Å²) in [6, 6.07) is 85.2. The van der Waals surface area contributed by atoms with Crippen molar-refractivity contribution in [2.45, 2.75) is 5.41 Å². The van der Waals surface area contributed by atoms with Gasteiger partial charge in [0.1, 0.15) is 22.3 Å². The number of hydrogen-bond acceptors (Lipinski definition) is 3. The van der Waals surface area contributed by atoms with Crippen LogP contribution in [0.1, 0.15) is 22.3 Å². The highest BCUT2D eigenvalue weighted by molar-refractivity contribution is 6.15. The number of anilines is 3. The fraction of sp³-hybridized carbons (Fsp3) is 0.0164. The van der Waals surface area contributed by atoms with Gasteiger partial charge in [-0.1, -0.05) is 176 Å². The molecule has 0 amide bonds. The van der Waals surface area contributed by atoms with Crippen molar-refractivity contribution in [3.63, 3.8) is 0 Å². The van der Waals surface area contributed by atoms with E-state index in [-0.39, 0.29) is 0 Å². The van der Waals surface area contributed by atoms with Crippen molar-refractivity contribution in [2.24, 2.45) is 0 Å². The second-order valence-corrected chi connectivity index (χ2v) is 16.7. The summed E-state index contributed by atoms with van der Waals surface area (Å²) in [6.45, 7) is 0. The first-order chi connectivity index (χ1) is 31.7. The number of benzene rings is 10. The highest BCUT2D eigenvalue weighted by Gasteiger charge is 2.46. The van der Waals surface area contributed by atoms with E-state index in [4.69, 9.17) is 8.83 Å². The van der Waals surface area contributed by atoms with Gasteiger partial charge in [0, 0.05) is 33.6 Å². The molecule has 1 aliphatic rings. The number of rotatable bonds is 7. The van der Waals surface area contributed by atoms with Crippen LogP contribution in [0.15, 0.2) is 245 Å². The third-order valence-electron chi connectivity index (χ3n) is 13.4. The minimum atomic E-state index is -0.566. The van der Waals surface area contributed by atoms with Crippen LogP contribution in [-0.4, -0.2) is 0 Å². The second-order valence-electron chi connectivity index (χ2n) is 16.7. The van der Waals surface area contributed by atoms with E-state index < -0.39 is 5.41 Å². The monoisotopic (exact) mass is 817 g/mol. The van der Waals surface area contributed by atoms with Crippen molar-refractivity contribution >= 4 is 60.9 Å². The van der Waals surface area contributed by atoms with Gasteiger partial charge < -0.3 is 13.7 Å². The Balaban J connectivity index is 1.05. The molecule has 10 aromatic carbocycles. The number of nitrogens with zero attached hydrogens (tertiary/aromatic N) is 1. The molecule has 13 rings (SSSR count). The second kappa shape index (κ2) is 14.3. The lowest BCUT2D eigenvalue weighted by Gasteiger charge is -2.34. The Morgan fingerprint density at radius 1 is 0.328 bits per heavy atom. The van der Waals surface area contributed by atoms with E-state index >= 15 is 0 Å². The van der Waals surface area contributed by atoms with Gasteiger partial charge in [-0.15, -0.1) is 0 Å². The van der Waals surface area contributed by atoms with E-state index in [0.717, 1.165) is 72.1 Å². The standard InChI is InChI=1S/C61H39NO2/c1-4-16-40(17-5-1)42-30-37-56-51(38-42)60-54(27-15-29-57(60)63-56)62(46-35-36-49-48-22-11-13-28-55(48)64-58(49)39-46)45-33-31-44(32-34-45)61(43-20-8-3-9-21-43)52-25-12-10-23-50(52)59-47(24-14-26-53(59)61)41-18-6-2-7-19-41/h1-39H. The molecule has 3 heteroatoms. The number of furan rings is 2. The molecule has 0 N–H and O–H groups in total. The van der Waals surface area contributed by atoms with E-state index in [1.807, 2.05) is 12.1 Å². The summed E-state index contributed by atoms with van der Waals surface area (Å²) < 4.78 is 13.2. The molecule has 1 aliphatic carbocycles. The zero-order chi connectivity index (χ0) is 42.2. The number of hydrogen-bond donors (Lipinski definition) is 0. The van der Waals surface area contributed by atoms with Gasteiger partial charge in [0.15, 0.2) is 0 Å². The molecule has 300 valence electrons. The molecular formula is C61H39NO2. The Labute approximate surface area is 370 Å². The maximum atomic E-state index is 6.63. The van der Waals surface area contributed by atoms with Gasteiger partial charge in [0.25, 0.3) is 0 Å². The number of para-hydroxylation sites is 1. The van der Waals surface area contributed by atoms with E-state index in [2.05, 4.69) is 229 Å². The maximum Gasteiger partial charge on any atom is 0.137 e. The van der Waals surface area contributed by atoms with Crippen LogP contribution in [0.5, 0.6) is 0 Å². The van der Waals surface area contributed by atoms with Crippen molar-refractivity contribution < 1.29 is 8.83 Å². The molecule has 0 saturated carbocycles. The Kier molecular flexibility index (Phi) is 8.13. The normalized spacial score (nSPS) is 14.3. The van der Waals surface area contributed by atoms with Gasteiger partial charge in [-0.05, 0) is 110 Å². The van der Waals surface area contributed by atoms with Crippen molar-refractivity contribution in [3.8, 4) is 33.4 Å². The Hall–Kier alpha value is -8.40. The summed E-state index contributed by atoms with van der Waals surface area (Å²) in [5.74, 6) is 0. The van der Waals surface area contributed by atoms with Crippen molar-refractivity contribution in [3.05, 3.63) is 259 Å². The molecule has 1 atom stereocenters. The summed E-state index contributed by atoms with van der Waals surface area (Å²) in [5.41, 5.74) is 18.2. The Bertz CT molecular complexity index is 3720. The average Bonchev–Trinajstić information content (AvgIpc) is 4.03. The molecule has 0 aliphatic heterocycles. The van der Waals surface area contributed by atoms with Crippen LogP contribution in [0.2, 0.25) is 0 Å². The van der Waals surface area contributed by atoms with Gasteiger partial charge in [-0.25, -0.2) is 0 Å². The van der Waals surface area contributed by atoms with E-state index in [1.54, 1.807) is 0 Å². The quantitative estimate of drug-likeness (QED) is 0.160. The average molecular weight is 818 g/mol. The van der Waals surface area contributed by atoms with E-state index in [1.165, 1.54) is 44.5 Å². The smallest absolute Gasteiger partial charge is 0.137 e. The first-order valence-corrected chi connectivity index (χ1v) is 21.9.